The molecule has 2 aliphatic heterocycles. The highest BCUT2D eigenvalue weighted by Gasteiger charge is 2.24. The zero-order valence-electron chi connectivity index (χ0n) is 17.4. The SMILES string of the molecule is CCN=[S@](C)(=O)c1cnc(N2CCN([C@@H](C)c3ccc4c(c3)OCC4)CC2)nc1. The lowest BCUT2D eigenvalue weighted by Crippen LogP contribution is -2.47. The molecule has 1 aromatic heterocycles. The highest BCUT2D eigenvalue weighted by molar-refractivity contribution is 7.93. The lowest BCUT2D eigenvalue weighted by molar-refractivity contribution is 0.197. The maximum atomic E-state index is 12.5. The quantitative estimate of drug-likeness (QED) is 0.748. The molecule has 7 nitrogen and oxygen atoms in total. The fourth-order valence-corrected chi connectivity index (χ4v) is 5.09. The van der Waals surface area contributed by atoms with E-state index in [0.717, 1.165) is 45.0 Å². The molecule has 0 radical (unpaired) electrons. The Bertz CT molecular complexity index is 977. The van der Waals surface area contributed by atoms with Crippen LogP contribution < -0.4 is 9.64 Å². The minimum absolute atomic E-state index is 0.343. The molecule has 0 spiro atoms. The molecule has 2 aromatic rings. The third-order valence-corrected chi connectivity index (χ3v) is 7.61. The molecule has 8 heteroatoms. The van der Waals surface area contributed by atoms with E-state index in [-0.39, 0.29) is 0 Å². The van der Waals surface area contributed by atoms with Gasteiger partial charge in [0.2, 0.25) is 5.95 Å². The van der Waals surface area contributed by atoms with Gasteiger partial charge in [0, 0.05) is 63.8 Å². The third-order valence-electron chi connectivity index (χ3n) is 5.77. The van der Waals surface area contributed by atoms with E-state index in [1.807, 2.05) is 6.92 Å². The predicted molar refractivity (Wildman–Crippen MR) is 115 cm³/mol. The van der Waals surface area contributed by atoms with Gasteiger partial charge >= 0.3 is 0 Å². The lowest BCUT2D eigenvalue weighted by Gasteiger charge is -2.38. The maximum Gasteiger partial charge on any atom is 0.225 e. The molecule has 2 aliphatic rings. The van der Waals surface area contributed by atoms with E-state index in [1.165, 1.54) is 11.1 Å². The van der Waals surface area contributed by atoms with Gasteiger partial charge < -0.3 is 9.64 Å². The maximum absolute atomic E-state index is 12.5. The molecule has 1 fully saturated rings. The van der Waals surface area contributed by atoms with Crippen molar-refractivity contribution in [3.05, 3.63) is 41.7 Å². The molecule has 3 heterocycles. The minimum Gasteiger partial charge on any atom is -0.493 e. The molecule has 156 valence electrons. The van der Waals surface area contributed by atoms with Gasteiger partial charge in [-0.25, -0.2) is 18.5 Å². The van der Waals surface area contributed by atoms with Crippen LogP contribution in [-0.2, 0) is 16.1 Å². The van der Waals surface area contributed by atoms with Crippen LogP contribution in [0.2, 0.25) is 0 Å². The largest absolute Gasteiger partial charge is 0.493 e. The average molecular weight is 416 g/mol. The topological polar surface area (TPSA) is 70.9 Å². The number of benzene rings is 1. The first-order chi connectivity index (χ1) is 14.0. The van der Waals surface area contributed by atoms with Crippen molar-refractivity contribution < 1.29 is 8.95 Å². The van der Waals surface area contributed by atoms with Crippen molar-refractivity contribution in [2.24, 2.45) is 4.36 Å². The summed E-state index contributed by atoms with van der Waals surface area (Å²) < 4.78 is 22.4. The van der Waals surface area contributed by atoms with Crippen LogP contribution in [0.4, 0.5) is 5.95 Å². The second kappa shape index (κ2) is 8.28. The van der Waals surface area contributed by atoms with E-state index < -0.39 is 9.73 Å². The standard InChI is InChI=1S/C21H29N5O2S/c1-4-24-29(3,27)19-14-22-21(23-15-19)26-10-8-25(9-11-26)16(2)18-6-5-17-7-12-28-20(17)13-18/h5-6,13-16H,4,7-12H2,1-3H3/t16-,29+/m0/s1. The molecule has 0 aliphatic carbocycles. The normalized spacial score (nSPS) is 19.9. The molecular weight excluding hydrogens is 386 g/mol. The first-order valence-electron chi connectivity index (χ1n) is 10.2. The number of hydrogen-bond acceptors (Lipinski definition) is 7. The highest BCUT2D eigenvalue weighted by atomic mass is 32.2. The Kier molecular flexibility index (Phi) is 5.74. The molecule has 0 saturated carbocycles. The number of ether oxygens (including phenoxy) is 1. The van der Waals surface area contributed by atoms with Crippen molar-refractivity contribution in [1.82, 2.24) is 14.9 Å². The summed E-state index contributed by atoms with van der Waals surface area (Å²) in [6.45, 7) is 9.08. The van der Waals surface area contributed by atoms with Crippen molar-refractivity contribution in [1.29, 1.82) is 0 Å². The number of fused-ring (bicyclic) bond motifs is 1. The average Bonchev–Trinajstić information content (AvgIpc) is 3.21. The van der Waals surface area contributed by atoms with Gasteiger partial charge in [-0.3, -0.25) is 4.90 Å². The Labute approximate surface area is 173 Å². The van der Waals surface area contributed by atoms with Gasteiger partial charge in [0.15, 0.2) is 0 Å². The summed E-state index contributed by atoms with van der Waals surface area (Å²) in [5.41, 5.74) is 2.62. The van der Waals surface area contributed by atoms with Crippen LogP contribution in [0.3, 0.4) is 0 Å². The summed E-state index contributed by atoms with van der Waals surface area (Å²) in [4.78, 5) is 14.2. The van der Waals surface area contributed by atoms with Gasteiger partial charge in [0.1, 0.15) is 5.75 Å². The second-order valence-electron chi connectivity index (χ2n) is 7.63. The molecule has 1 saturated heterocycles. The molecule has 2 atom stereocenters. The minimum atomic E-state index is -2.40. The molecule has 4 rings (SSSR count). The van der Waals surface area contributed by atoms with E-state index >= 15 is 0 Å². The molecule has 0 amide bonds. The van der Waals surface area contributed by atoms with Crippen LogP contribution in [0.1, 0.15) is 31.0 Å². The summed E-state index contributed by atoms with van der Waals surface area (Å²) in [5.74, 6) is 1.74. The van der Waals surface area contributed by atoms with Crippen molar-refractivity contribution in [2.75, 3.05) is 50.5 Å². The van der Waals surface area contributed by atoms with Crippen LogP contribution in [0.15, 0.2) is 39.9 Å². The number of aromatic nitrogens is 2. The van der Waals surface area contributed by atoms with Gasteiger partial charge in [-0.2, -0.15) is 0 Å². The van der Waals surface area contributed by atoms with E-state index in [0.29, 0.717) is 23.4 Å². The monoisotopic (exact) mass is 415 g/mol. The second-order valence-corrected chi connectivity index (χ2v) is 9.97. The summed E-state index contributed by atoms with van der Waals surface area (Å²) in [7, 11) is -2.40. The van der Waals surface area contributed by atoms with Gasteiger partial charge in [-0.1, -0.05) is 12.1 Å². The van der Waals surface area contributed by atoms with Crippen LogP contribution in [0.5, 0.6) is 5.75 Å². The molecule has 0 N–H and O–H groups in total. The Balaban J connectivity index is 1.39. The smallest absolute Gasteiger partial charge is 0.225 e. The van der Waals surface area contributed by atoms with Gasteiger partial charge in [0.25, 0.3) is 0 Å². The van der Waals surface area contributed by atoms with Crippen molar-refractivity contribution >= 4 is 15.7 Å². The van der Waals surface area contributed by atoms with Gasteiger partial charge in [-0.15, -0.1) is 0 Å². The zero-order chi connectivity index (χ0) is 20.4. The number of piperazine rings is 1. The first kappa shape index (κ1) is 20.1. The molecule has 0 bridgehead atoms. The van der Waals surface area contributed by atoms with E-state index in [4.69, 9.17) is 4.74 Å². The fourth-order valence-electron chi connectivity index (χ4n) is 3.95. The highest BCUT2D eigenvalue weighted by Crippen LogP contribution is 2.31. The van der Waals surface area contributed by atoms with Gasteiger partial charge in [0.05, 0.1) is 21.2 Å². The summed E-state index contributed by atoms with van der Waals surface area (Å²) in [6, 6.07) is 6.98. The lowest BCUT2D eigenvalue weighted by atomic mass is 10.0. The van der Waals surface area contributed by atoms with Crippen LogP contribution in [0.25, 0.3) is 0 Å². The van der Waals surface area contributed by atoms with Crippen molar-refractivity contribution in [3.8, 4) is 5.75 Å². The summed E-state index contributed by atoms with van der Waals surface area (Å²) in [6.07, 6.45) is 5.97. The Morgan fingerprint density at radius 2 is 1.93 bits per heavy atom. The molecule has 29 heavy (non-hydrogen) atoms. The zero-order valence-corrected chi connectivity index (χ0v) is 18.2. The summed E-state index contributed by atoms with van der Waals surface area (Å²) in [5, 5.41) is 0. The van der Waals surface area contributed by atoms with E-state index in [1.54, 1.807) is 18.6 Å². The van der Waals surface area contributed by atoms with Crippen LogP contribution in [0, 0.1) is 0 Å². The van der Waals surface area contributed by atoms with E-state index in [2.05, 4.69) is 49.3 Å². The van der Waals surface area contributed by atoms with E-state index in [9.17, 15) is 4.21 Å². The van der Waals surface area contributed by atoms with Crippen LogP contribution >= 0.6 is 0 Å². The van der Waals surface area contributed by atoms with Crippen LogP contribution in [-0.4, -0.2) is 64.7 Å². The Morgan fingerprint density at radius 3 is 2.62 bits per heavy atom. The fraction of sp³-hybridized carbons (Fsp3) is 0.524. The molecule has 0 unspecified atom stereocenters. The Hall–Kier alpha value is -2.19. The molecular formula is C21H29N5O2S. The molecule has 1 aromatic carbocycles. The first-order valence-corrected chi connectivity index (χ1v) is 12.1. The summed E-state index contributed by atoms with van der Waals surface area (Å²) >= 11 is 0. The third kappa shape index (κ3) is 4.23. The number of anilines is 1. The van der Waals surface area contributed by atoms with Crippen molar-refractivity contribution in [2.45, 2.75) is 31.2 Å². The number of rotatable bonds is 5. The van der Waals surface area contributed by atoms with Gasteiger partial charge in [-0.05, 0) is 31.0 Å². The van der Waals surface area contributed by atoms with Crippen molar-refractivity contribution in [3.63, 3.8) is 0 Å². The number of hydrogen-bond donors (Lipinski definition) is 0. The predicted octanol–water partition coefficient (Wildman–Crippen LogP) is 2.77. The number of nitrogens with zero attached hydrogens (tertiary/aromatic N) is 5. The Morgan fingerprint density at radius 1 is 1.21 bits per heavy atom.